The van der Waals surface area contributed by atoms with Crippen LogP contribution in [0, 0.1) is 20.8 Å². The number of benzene rings is 1. The summed E-state index contributed by atoms with van der Waals surface area (Å²) in [6.07, 6.45) is -4.58. The van der Waals surface area contributed by atoms with E-state index in [9.17, 15) is 18.0 Å². The number of carbonyl (C=O) groups is 1. The molecule has 0 spiro atoms. The van der Waals surface area contributed by atoms with Crippen LogP contribution in [-0.4, -0.2) is 10.9 Å². The highest BCUT2D eigenvalue weighted by Crippen LogP contribution is 2.32. The van der Waals surface area contributed by atoms with Gasteiger partial charge in [0.2, 0.25) is 0 Å². The van der Waals surface area contributed by atoms with Gasteiger partial charge in [-0.15, -0.1) is 0 Å². The molecule has 2 rings (SSSR count). The molecule has 0 bridgehead atoms. The number of nitrogens with zero attached hydrogens (tertiary/aromatic N) is 1. The van der Waals surface area contributed by atoms with Crippen LogP contribution in [0.5, 0.6) is 0 Å². The van der Waals surface area contributed by atoms with E-state index < -0.39 is 23.2 Å². The quantitative estimate of drug-likeness (QED) is 0.900. The van der Waals surface area contributed by atoms with Crippen molar-refractivity contribution in [3.8, 4) is 0 Å². The van der Waals surface area contributed by atoms with Crippen LogP contribution >= 0.6 is 0 Å². The van der Waals surface area contributed by atoms with Crippen LogP contribution in [0.15, 0.2) is 30.3 Å². The number of nitrogens with one attached hydrogen (secondary N) is 1. The topological polar surface area (TPSA) is 42.0 Å². The minimum Gasteiger partial charge on any atom is -0.320 e. The summed E-state index contributed by atoms with van der Waals surface area (Å²) in [5.74, 6) is -0.801. The van der Waals surface area contributed by atoms with Gasteiger partial charge in [-0.25, -0.2) is 0 Å². The van der Waals surface area contributed by atoms with Crippen LogP contribution in [-0.2, 0) is 6.18 Å². The van der Waals surface area contributed by atoms with E-state index >= 15 is 0 Å². The number of carbonyl (C=O) groups excluding carboxylic acids is 1. The van der Waals surface area contributed by atoms with Gasteiger partial charge in [0.25, 0.3) is 5.91 Å². The standard InChI is InChI=1S/C16H15F3N2O/c1-9-8-10(2)20-11(3)14(9)21-15(22)12-6-4-5-7-13(12)16(17,18)19/h4-8H,1-3H3,(H,21,22). The number of aromatic nitrogens is 1. The lowest BCUT2D eigenvalue weighted by molar-refractivity contribution is -0.137. The Labute approximate surface area is 126 Å². The van der Waals surface area contributed by atoms with Crippen LogP contribution in [0.1, 0.15) is 32.9 Å². The summed E-state index contributed by atoms with van der Waals surface area (Å²) in [4.78, 5) is 16.4. The molecule has 0 saturated carbocycles. The fourth-order valence-corrected chi connectivity index (χ4v) is 2.32. The number of amides is 1. The number of hydrogen-bond donors (Lipinski definition) is 1. The molecule has 0 aliphatic heterocycles. The van der Waals surface area contributed by atoms with Gasteiger partial charge in [-0.3, -0.25) is 9.78 Å². The first-order valence-electron chi connectivity index (χ1n) is 6.62. The average molecular weight is 308 g/mol. The highest BCUT2D eigenvalue weighted by molar-refractivity contribution is 6.06. The number of hydrogen-bond acceptors (Lipinski definition) is 2. The molecule has 0 atom stereocenters. The number of anilines is 1. The molecule has 1 amide bonds. The summed E-state index contributed by atoms with van der Waals surface area (Å²) in [5.41, 5.74) is 1.17. The van der Waals surface area contributed by atoms with Crippen molar-refractivity contribution < 1.29 is 18.0 Å². The monoisotopic (exact) mass is 308 g/mol. The molecule has 116 valence electrons. The van der Waals surface area contributed by atoms with Crippen LogP contribution < -0.4 is 5.32 Å². The Morgan fingerprint density at radius 1 is 1.14 bits per heavy atom. The van der Waals surface area contributed by atoms with E-state index in [-0.39, 0.29) is 0 Å². The van der Waals surface area contributed by atoms with Crippen molar-refractivity contribution in [2.75, 3.05) is 5.32 Å². The zero-order valence-electron chi connectivity index (χ0n) is 12.4. The highest BCUT2D eigenvalue weighted by Gasteiger charge is 2.34. The van der Waals surface area contributed by atoms with Crippen LogP contribution in [0.25, 0.3) is 0 Å². The fraction of sp³-hybridized carbons (Fsp3) is 0.250. The van der Waals surface area contributed by atoms with Gasteiger partial charge in [-0.1, -0.05) is 12.1 Å². The second kappa shape index (κ2) is 5.79. The average Bonchev–Trinajstić information content (AvgIpc) is 2.41. The summed E-state index contributed by atoms with van der Waals surface area (Å²) in [7, 11) is 0. The zero-order valence-corrected chi connectivity index (χ0v) is 12.4. The Hall–Kier alpha value is -2.37. The highest BCUT2D eigenvalue weighted by atomic mass is 19.4. The predicted octanol–water partition coefficient (Wildman–Crippen LogP) is 4.28. The van der Waals surface area contributed by atoms with Gasteiger partial charge in [-0.05, 0) is 44.5 Å². The molecule has 0 saturated heterocycles. The Balaban J connectivity index is 2.40. The number of alkyl halides is 3. The van der Waals surface area contributed by atoms with Gasteiger partial charge in [0.1, 0.15) is 0 Å². The number of halogens is 3. The van der Waals surface area contributed by atoms with Gasteiger partial charge in [0.15, 0.2) is 0 Å². The summed E-state index contributed by atoms with van der Waals surface area (Å²) in [5, 5.41) is 2.53. The lowest BCUT2D eigenvalue weighted by atomic mass is 10.1. The van der Waals surface area contributed by atoms with Gasteiger partial charge in [-0.2, -0.15) is 13.2 Å². The van der Waals surface area contributed by atoms with E-state index in [4.69, 9.17) is 0 Å². The maximum Gasteiger partial charge on any atom is 0.417 e. The lowest BCUT2D eigenvalue weighted by Crippen LogP contribution is -2.19. The van der Waals surface area contributed by atoms with E-state index in [1.54, 1.807) is 19.9 Å². The van der Waals surface area contributed by atoms with Crippen molar-refractivity contribution in [3.05, 3.63) is 58.4 Å². The summed E-state index contributed by atoms with van der Waals surface area (Å²) in [6.45, 7) is 5.28. The molecule has 3 nitrogen and oxygen atoms in total. The van der Waals surface area contributed by atoms with Gasteiger partial charge >= 0.3 is 6.18 Å². The van der Waals surface area contributed by atoms with Crippen LogP contribution in [0.2, 0.25) is 0 Å². The smallest absolute Gasteiger partial charge is 0.320 e. The third-order valence-corrected chi connectivity index (χ3v) is 3.24. The van der Waals surface area contributed by atoms with Gasteiger partial charge in [0, 0.05) is 5.69 Å². The Bertz CT molecular complexity index is 701. The third-order valence-electron chi connectivity index (χ3n) is 3.24. The van der Waals surface area contributed by atoms with Gasteiger partial charge < -0.3 is 5.32 Å². The maximum absolute atomic E-state index is 13.0. The van der Waals surface area contributed by atoms with E-state index in [1.807, 2.05) is 6.92 Å². The van der Waals surface area contributed by atoms with E-state index in [0.717, 1.165) is 23.4 Å². The summed E-state index contributed by atoms with van der Waals surface area (Å²) >= 11 is 0. The van der Waals surface area contributed by atoms with Crippen molar-refractivity contribution in [1.29, 1.82) is 0 Å². The third kappa shape index (κ3) is 3.27. The Morgan fingerprint density at radius 2 is 1.77 bits per heavy atom. The molecule has 0 fully saturated rings. The van der Waals surface area contributed by atoms with Crippen molar-refractivity contribution in [2.45, 2.75) is 26.9 Å². The maximum atomic E-state index is 13.0. The predicted molar refractivity (Wildman–Crippen MR) is 77.8 cm³/mol. The number of aryl methyl sites for hydroxylation is 3. The van der Waals surface area contributed by atoms with Crippen molar-refractivity contribution in [3.63, 3.8) is 0 Å². The van der Waals surface area contributed by atoms with Crippen LogP contribution in [0.3, 0.4) is 0 Å². The first-order chi connectivity index (χ1) is 10.2. The summed E-state index contributed by atoms with van der Waals surface area (Å²) in [6, 6.07) is 6.46. The minimum atomic E-state index is -4.58. The fourth-order valence-electron chi connectivity index (χ4n) is 2.32. The Morgan fingerprint density at radius 3 is 2.36 bits per heavy atom. The van der Waals surface area contributed by atoms with E-state index in [2.05, 4.69) is 10.3 Å². The SMILES string of the molecule is Cc1cc(C)c(NC(=O)c2ccccc2C(F)(F)F)c(C)n1. The molecule has 22 heavy (non-hydrogen) atoms. The number of rotatable bonds is 2. The molecule has 1 N–H and O–H groups in total. The second-order valence-electron chi connectivity index (χ2n) is 5.04. The molecule has 1 heterocycles. The van der Waals surface area contributed by atoms with Crippen LogP contribution in [0.4, 0.5) is 18.9 Å². The Kier molecular flexibility index (Phi) is 4.21. The molecule has 0 aliphatic rings. The second-order valence-corrected chi connectivity index (χ2v) is 5.04. The van der Waals surface area contributed by atoms with Crippen molar-refractivity contribution in [1.82, 2.24) is 4.98 Å². The first-order valence-corrected chi connectivity index (χ1v) is 6.62. The molecular formula is C16H15F3N2O. The molecule has 0 aliphatic carbocycles. The lowest BCUT2D eigenvalue weighted by Gasteiger charge is -2.15. The molecule has 6 heteroatoms. The molecule has 0 unspecified atom stereocenters. The number of pyridine rings is 1. The molecule has 1 aromatic heterocycles. The van der Waals surface area contributed by atoms with E-state index in [1.165, 1.54) is 12.1 Å². The first kappa shape index (κ1) is 16.0. The molecule has 1 aromatic carbocycles. The van der Waals surface area contributed by atoms with Gasteiger partial charge in [0.05, 0.1) is 22.5 Å². The largest absolute Gasteiger partial charge is 0.417 e. The molecular weight excluding hydrogens is 293 g/mol. The summed E-state index contributed by atoms with van der Waals surface area (Å²) < 4.78 is 38.9. The zero-order chi connectivity index (χ0) is 16.5. The minimum absolute atomic E-state index is 0.408. The van der Waals surface area contributed by atoms with E-state index in [0.29, 0.717) is 11.4 Å². The van der Waals surface area contributed by atoms with Crippen molar-refractivity contribution >= 4 is 11.6 Å². The van der Waals surface area contributed by atoms with Crippen molar-refractivity contribution in [2.24, 2.45) is 0 Å². The molecule has 0 radical (unpaired) electrons. The normalized spacial score (nSPS) is 11.4. The molecule has 2 aromatic rings.